The smallest absolute Gasteiger partial charge is 0.306 e. The number of rotatable bonds is 13. The highest BCUT2D eigenvalue weighted by Gasteiger charge is 2.50. The van der Waals surface area contributed by atoms with Crippen LogP contribution in [0.3, 0.4) is 0 Å². The van der Waals surface area contributed by atoms with Gasteiger partial charge < -0.3 is 14.2 Å². The molecule has 1 N–H and O–H groups in total. The second kappa shape index (κ2) is 14.8. The summed E-state index contributed by atoms with van der Waals surface area (Å²) in [5, 5.41) is 0.840. The highest BCUT2D eigenvalue weighted by molar-refractivity contribution is 7.99. The third kappa shape index (κ3) is 8.21. The van der Waals surface area contributed by atoms with Gasteiger partial charge in [-0.1, -0.05) is 57.4 Å². The lowest BCUT2D eigenvalue weighted by Gasteiger charge is -2.44. The van der Waals surface area contributed by atoms with Crippen molar-refractivity contribution in [3.05, 3.63) is 47.3 Å². The number of piperidine rings is 1. The zero-order chi connectivity index (χ0) is 30.3. The second-order valence-electron chi connectivity index (χ2n) is 13.0. The van der Waals surface area contributed by atoms with Crippen molar-refractivity contribution in [2.24, 2.45) is 11.3 Å². The summed E-state index contributed by atoms with van der Waals surface area (Å²) in [4.78, 5) is 24.3. The summed E-state index contributed by atoms with van der Waals surface area (Å²) < 4.78 is 22.0. The van der Waals surface area contributed by atoms with Crippen LogP contribution in [0.2, 0.25) is 0 Å². The SMILES string of the molecule is CCCC[C@@H](CC)COC(=O)CCSc1cnc(N2CCC3(CC2)Cc2ccccc2[C@H]3N[S+]([O-])C(C)(C)C)c(C)n1. The lowest BCUT2D eigenvalue weighted by molar-refractivity contribution is -0.144. The molecule has 1 spiro atoms. The minimum Gasteiger partial charge on any atom is -0.598 e. The predicted octanol–water partition coefficient (Wildman–Crippen LogP) is 6.96. The molecule has 1 unspecified atom stereocenters. The molecule has 1 aliphatic heterocycles. The van der Waals surface area contributed by atoms with Crippen molar-refractivity contribution < 1.29 is 14.1 Å². The van der Waals surface area contributed by atoms with Crippen LogP contribution in [0, 0.1) is 18.3 Å². The molecule has 1 aromatic heterocycles. The van der Waals surface area contributed by atoms with Gasteiger partial charge in [-0.15, -0.1) is 16.5 Å². The Labute approximate surface area is 260 Å². The lowest BCUT2D eigenvalue weighted by atomic mass is 9.73. The molecule has 1 fully saturated rings. The first-order chi connectivity index (χ1) is 20.1. The predicted molar refractivity (Wildman–Crippen MR) is 174 cm³/mol. The van der Waals surface area contributed by atoms with Crippen molar-refractivity contribution >= 4 is 34.9 Å². The maximum Gasteiger partial charge on any atom is 0.306 e. The van der Waals surface area contributed by atoms with Gasteiger partial charge in [0.15, 0.2) is 0 Å². The Morgan fingerprint density at radius 1 is 1.26 bits per heavy atom. The minimum atomic E-state index is -1.14. The number of hydrogen-bond donors (Lipinski definition) is 1. The zero-order valence-electron chi connectivity index (χ0n) is 26.4. The number of carbonyl (C=O) groups excluding carboxylic acids is 1. The number of nitrogens with zero attached hydrogens (tertiary/aromatic N) is 3. The number of thioether (sulfide) groups is 1. The van der Waals surface area contributed by atoms with E-state index >= 15 is 0 Å². The molecule has 1 saturated heterocycles. The molecule has 3 atom stereocenters. The number of hydrogen-bond acceptors (Lipinski definition) is 8. The average molecular weight is 615 g/mol. The zero-order valence-corrected chi connectivity index (χ0v) is 28.0. The molecule has 0 saturated carbocycles. The number of carbonyl (C=O) groups is 1. The van der Waals surface area contributed by atoms with Gasteiger partial charge in [0.1, 0.15) is 15.6 Å². The summed E-state index contributed by atoms with van der Waals surface area (Å²) in [7, 11) is 0. The molecule has 9 heteroatoms. The topological polar surface area (TPSA) is 90.4 Å². The summed E-state index contributed by atoms with van der Waals surface area (Å²) in [6, 6.07) is 8.72. The van der Waals surface area contributed by atoms with Crippen molar-refractivity contribution in [2.75, 3.05) is 30.3 Å². The van der Waals surface area contributed by atoms with E-state index in [-0.39, 0.29) is 22.2 Å². The summed E-state index contributed by atoms with van der Waals surface area (Å²) in [5.41, 5.74) is 3.63. The molecule has 2 aliphatic rings. The van der Waals surface area contributed by atoms with Crippen molar-refractivity contribution in [1.82, 2.24) is 14.7 Å². The van der Waals surface area contributed by atoms with Gasteiger partial charge in [0, 0.05) is 35.6 Å². The van der Waals surface area contributed by atoms with Crippen LogP contribution in [0.1, 0.15) is 102 Å². The van der Waals surface area contributed by atoms with E-state index < -0.39 is 11.4 Å². The van der Waals surface area contributed by atoms with E-state index in [4.69, 9.17) is 14.7 Å². The number of unbranched alkanes of at least 4 members (excludes halogenated alkanes) is 1. The molecular formula is C33H50N4O3S2. The molecule has 0 amide bonds. The molecule has 1 aromatic carbocycles. The van der Waals surface area contributed by atoms with E-state index in [1.807, 2.05) is 33.9 Å². The number of benzene rings is 1. The molecule has 7 nitrogen and oxygen atoms in total. The monoisotopic (exact) mass is 614 g/mol. The van der Waals surface area contributed by atoms with Crippen LogP contribution in [-0.4, -0.2) is 50.7 Å². The van der Waals surface area contributed by atoms with Gasteiger partial charge in [-0.2, -0.15) is 0 Å². The standard InChI is InChI=1S/C33H50N4O3S2/c1-7-9-12-25(8-2)23-40-29(38)15-20-41-28-22-34-31(24(3)35-28)37-18-16-33(17-19-37)21-26-13-10-11-14-27(26)30(33)36-42(39)32(4,5)6/h10-11,13-14,22,25,30,36H,7-9,12,15-21,23H2,1-6H3/t25-,30-,42?/m1/s1. The second-order valence-corrected chi connectivity index (χ2v) is 16.1. The number of fused-ring (bicyclic) bond motifs is 1. The van der Waals surface area contributed by atoms with Crippen molar-refractivity contribution in [3.63, 3.8) is 0 Å². The number of aromatic nitrogens is 2. The van der Waals surface area contributed by atoms with E-state index in [1.54, 1.807) is 11.8 Å². The van der Waals surface area contributed by atoms with Crippen LogP contribution in [0.15, 0.2) is 35.5 Å². The Morgan fingerprint density at radius 2 is 2.00 bits per heavy atom. The van der Waals surface area contributed by atoms with Gasteiger partial charge in [-0.25, -0.2) is 9.97 Å². The number of nitrogens with one attached hydrogen (secondary N) is 1. The highest BCUT2D eigenvalue weighted by atomic mass is 32.2. The lowest BCUT2D eigenvalue weighted by Crippen LogP contribution is -2.50. The summed E-state index contributed by atoms with van der Waals surface area (Å²) in [5.74, 6) is 1.90. The summed E-state index contributed by atoms with van der Waals surface area (Å²) in [6.45, 7) is 14.8. The molecule has 42 heavy (non-hydrogen) atoms. The van der Waals surface area contributed by atoms with Crippen LogP contribution in [0.25, 0.3) is 0 Å². The van der Waals surface area contributed by atoms with Crippen LogP contribution < -0.4 is 9.62 Å². The van der Waals surface area contributed by atoms with Gasteiger partial charge in [-0.3, -0.25) is 4.79 Å². The molecule has 2 aromatic rings. The van der Waals surface area contributed by atoms with Gasteiger partial charge >= 0.3 is 5.97 Å². The van der Waals surface area contributed by atoms with Crippen LogP contribution >= 0.6 is 11.8 Å². The number of aryl methyl sites for hydroxylation is 1. The quantitative estimate of drug-likeness (QED) is 0.147. The van der Waals surface area contributed by atoms with E-state index in [9.17, 15) is 9.35 Å². The van der Waals surface area contributed by atoms with E-state index in [0.717, 1.165) is 61.7 Å². The van der Waals surface area contributed by atoms with Crippen molar-refractivity contribution in [1.29, 1.82) is 0 Å². The molecule has 0 radical (unpaired) electrons. The van der Waals surface area contributed by atoms with Crippen molar-refractivity contribution in [2.45, 2.75) is 109 Å². The molecule has 4 rings (SSSR count). The van der Waals surface area contributed by atoms with Gasteiger partial charge in [-0.05, 0) is 70.4 Å². The van der Waals surface area contributed by atoms with E-state index in [1.165, 1.54) is 24.0 Å². The van der Waals surface area contributed by atoms with E-state index in [0.29, 0.717) is 24.7 Å². The first kappa shape index (κ1) is 33.1. The minimum absolute atomic E-state index is 0.0416. The fourth-order valence-electron chi connectivity index (χ4n) is 6.14. The Bertz CT molecular complexity index is 1180. The molecule has 232 valence electrons. The Balaban J connectivity index is 1.31. The maximum atomic E-state index is 13.2. The first-order valence-corrected chi connectivity index (χ1v) is 17.8. The van der Waals surface area contributed by atoms with Crippen LogP contribution in [-0.2, 0) is 27.3 Å². The molecule has 2 heterocycles. The Hall–Kier alpha value is -1.81. The van der Waals surface area contributed by atoms with E-state index in [2.05, 4.69) is 47.7 Å². The average Bonchev–Trinajstić information content (AvgIpc) is 3.25. The third-order valence-corrected chi connectivity index (χ3v) is 11.3. The molecular weight excluding hydrogens is 565 g/mol. The Morgan fingerprint density at radius 3 is 2.67 bits per heavy atom. The fourth-order valence-corrected chi connectivity index (χ4v) is 7.89. The Kier molecular flexibility index (Phi) is 11.6. The highest BCUT2D eigenvalue weighted by Crippen LogP contribution is 2.53. The number of ether oxygens (including phenoxy) is 1. The van der Waals surface area contributed by atoms with Crippen LogP contribution in [0.4, 0.5) is 5.82 Å². The van der Waals surface area contributed by atoms with Crippen molar-refractivity contribution in [3.8, 4) is 0 Å². The largest absolute Gasteiger partial charge is 0.598 e. The number of anilines is 1. The van der Waals surface area contributed by atoms with Gasteiger partial charge in [0.25, 0.3) is 0 Å². The summed E-state index contributed by atoms with van der Waals surface area (Å²) in [6.07, 6.45) is 9.75. The van der Waals surface area contributed by atoms with Crippen LogP contribution in [0.5, 0.6) is 0 Å². The third-order valence-electron chi connectivity index (χ3n) is 8.84. The first-order valence-electron chi connectivity index (χ1n) is 15.7. The summed E-state index contributed by atoms with van der Waals surface area (Å²) >= 11 is 0.416. The fraction of sp³-hybridized carbons (Fsp3) is 0.667. The van der Waals surface area contributed by atoms with Gasteiger partial charge in [0.2, 0.25) is 0 Å². The maximum absolute atomic E-state index is 13.2. The van der Waals surface area contributed by atoms with Gasteiger partial charge in [0.05, 0.1) is 31.0 Å². The molecule has 1 aliphatic carbocycles. The number of esters is 1. The molecule has 0 bridgehead atoms. The normalized spacial score (nSPS) is 19.5.